The minimum absolute atomic E-state index is 0.203. The van der Waals surface area contributed by atoms with Gasteiger partial charge in [-0.1, -0.05) is 48.0 Å². The number of anilines is 2. The number of aromatic nitrogens is 2. The van der Waals surface area contributed by atoms with Crippen molar-refractivity contribution in [1.82, 2.24) is 10.2 Å². The van der Waals surface area contributed by atoms with Crippen molar-refractivity contribution in [3.05, 3.63) is 83.4 Å². The average molecular weight is 318 g/mol. The maximum absolute atomic E-state index is 12.0. The largest absolute Gasteiger partial charge is 0.365 e. The number of nitrogens with one attached hydrogen (secondary N) is 2. The van der Waals surface area contributed by atoms with Crippen molar-refractivity contribution >= 4 is 17.5 Å². The number of hydrogen-bond donors (Lipinski definition) is 2. The maximum atomic E-state index is 12.0. The second kappa shape index (κ2) is 7.37. The summed E-state index contributed by atoms with van der Waals surface area (Å²) in [5, 5.41) is 14.0. The Balaban J connectivity index is 1.57. The lowest BCUT2D eigenvalue weighted by molar-refractivity contribution is 0.102. The molecule has 0 aliphatic carbocycles. The highest BCUT2D eigenvalue weighted by Crippen LogP contribution is 2.10. The van der Waals surface area contributed by atoms with Crippen LogP contribution in [0.1, 0.15) is 21.5 Å². The van der Waals surface area contributed by atoms with Crippen molar-refractivity contribution in [3.8, 4) is 0 Å². The van der Waals surface area contributed by atoms with E-state index in [9.17, 15) is 4.79 Å². The number of nitrogens with zero attached hydrogens (tertiary/aromatic N) is 2. The van der Waals surface area contributed by atoms with Crippen LogP contribution in [-0.4, -0.2) is 16.1 Å². The zero-order valence-electron chi connectivity index (χ0n) is 13.4. The molecule has 1 heterocycles. The quantitative estimate of drug-likeness (QED) is 0.753. The molecule has 1 aromatic heterocycles. The van der Waals surface area contributed by atoms with E-state index in [1.54, 1.807) is 24.3 Å². The summed E-state index contributed by atoms with van der Waals surface area (Å²) >= 11 is 0. The fraction of sp³-hybridized carbons (Fsp3) is 0.105. The molecule has 24 heavy (non-hydrogen) atoms. The molecule has 3 rings (SSSR count). The van der Waals surface area contributed by atoms with Gasteiger partial charge >= 0.3 is 0 Å². The molecule has 0 saturated carbocycles. The first-order valence-corrected chi connectivity index (χ1v) is 7.70. The molecule has 2 N–H and O–H groups in total. The predicted molar refractivity (Wildman–Crippen MR) is 94.9 cm³/mol. The summed E-state index contributed by atoms with van der Waals surface area (Å²) in [6.45, 7) is 2.73. The highest BCUT2D eigenvalue weighted by Gasteiger charge is 2.06. The summed E-state index contributed by atoms with van der Waals surface area (Å²) in [7, 11) is 0. The Kier molecular flexibility index (Phi) is 4.81. The molecule has 5 nitrogen and oxygen atoms in total. The second-order valence-corrected chi connectivity index (χ2v) is 5.46. The summed E-state index contributed by atoms with van der Waals surface area (Å²) in [5.74, 6) is 0.878. The third kappa shape index (κ3) is 4.16. The van der Waals surface area contributed by atoms with Gasteiger partial charge in [-0.2, -0.15) is 0 Å². The van der Waals surface area contributed by atoms with E-state index in [0.29, 0.717) is 23.7 Å². The van der Waals surface area contributed by atoms with Gasteiger partial charge in [0.25, 0.3) is 5.91 Å². The highest BCUT2D eigenvalue weighted by atomic mass is 16.1. The van der Waals surface area contributed by atoms with Crippen LogP contribution in [0.4, 0.5) is 11.6 Å². The molecule has 5 heteroatoms. The first kappa shape index (κ1) is 15.7. The Labute approximate surface area is 140 Å². The van der Waals surface area contributed by atoms with E-state index in [1.165, 1.54) is 11.1 Å². The molecule has 0 saturated heterocycles. The molecule has 0 atom stereocenters. The first-order chi connectivity index (χ1) is 11.7. The number of benzene rings is 2. The zero-order valence-corrected chi connectivity index (χ0v) is 13.4. The standard InChI is InChI=1S/C19H18N4O/c1-14-7-9-15(10-8-14)13-20-17-11-12-18(23-22-17)21-19(24)16-5-3-2-4-6-16/h2-12H,13H2,1H3,(H,20,22)(H,21,23,24). The average Bonchev–Trinajstić information content (AvgIpc) is 2.63. The number of aryl methyl sites for hydroxylation is 1. The van der Waals surface area contributed by atoms with Crippen LogP contribution >= 0.6 is 0 Å². The number of carbonyl (C=O) groups excluding carboxylic acids is 1. The number of carbonyl (C=O) groups is 1. The van der Waals surface area contributed by atoms with Crippen molar-refractivity contribution in [1.29, 1.82) is 0 Å². The minimum atomic E-state index is -0.203. The topological polar surface area (TPSA) is 66.9 Å². The SMILES string of the molecule is Cc1ccc(CNc2ccc(NC(=O)c3ccccc3)nn2)cc1. The van der Waals surface area contributed by atoms with Gasteiger partial charge in [0.1, 0.15) is 5.82 Å². The predicted octanol–water partition coefficient (Wildman–Crippen LogP) is 3.65. The van der Waals surface area contributed by atoms with E-state index in [4.69, 9.17) is 0 Å². The second-order valence-electron chi connectivity index (χ2n) is 5.46. The molecule has 1 amide bonds. The molecule has 0 radical (unpaired) electrons. The van der Waals surface area contributed by atoms with Crippen LogP contribution in [-0.2, 0) is 6.54 Å². The Morgan fingerprint density at radius 1 is 0.875 bits per heavy atom. The minimum Gasteiger partial charge on any atom is -0.365 e. The van der Waals surface area contributed by atoms with Gasteiger partial charge in [-0.15, -0.1) is 10.2 Å². The Morgan fingerprint density at radius 2 is 1.54 bits per heavy atom. The van der Waals surface area contributed by atoms with Crippen molar-refractivity contribution in [2.24, 2.45) is 0 Å². The zero-order chi connectivity index (χ0) is 16.8. The number of hydrogen-bond acceptors (Lipinski definition) is 4. The lowest BCUT2D eigenvalue weighted by atomic mass is 10.1. The molecule has 3 aromatic rings. The lowest BCUT2D eigenvalue weighted by Gasteiger charge is -2.07. The molecule has 0 bridgehead atoms. The van der Waals surface area contributed by atoms with Gasteiger partial charge in [0.05, 0.1) is 0 Å². The van der Waals surface area contributed by atoms with E-state index in [0.717, 1.165) is 0 Å². The molecule has 0 aliphatic rings. The summed E-state index contributed by atoms with van der Waals surface area (Å²) in [6.07, 6.45) is 0. The molecule has 120 valence electrons. The summed E-state index contributed by atoms with van der Waals surface area (Å²) in [6, 6.07) is 20.8. The van der Waals surface area contributed by atoms with E-state index in [1.807, 2.05) is 18.2 Å². The van der Waals surface area contributed by atoms with Gasteiger partial charge < -0.3 is 10.6 Å². The summed E-state index contributed by atoms with van der Waals surface area (Å²) in [5.41, 5.74) is 2.99. The van der Waals surface area contributed by atoms with Crippen LogP contribution in [0.3, 0.4) is 0 Å². The summed E-state index contributed by atoms with van der Waals surface area (Å²) in [4.78, 5) is 12.0. The lowest BCUT2D eigenvalue weighted by Crippen LogP contribution is -2.13. The molecule has 0 unspecified atom stereocenters. The van der Waals surface area contributed by atoms with E-state index in [2.05, 4.69) is 52.0 Å². The first-order valence-electron chi connectivity index (χ1n) is 7.70. The molecular formula is C19H18N4O. The van der Waals surface area contributed by atoms with Crippen LogP contribution in [0.2, 0.25) is 0 Å². The molecule has 0 aliphatic heterocycles. The van der Waals surface area contributed by atoms with Gasteiger partial charge in [0.2, 0.25) is 0 Å². The van der Waals surface area contributed by atoms with Gasteiger partial charge in [-0.25, -0.2) is 0 Å². The van der Waals surface area contributed by atoms with Crippen molar-refractivity contribution < 1.29 is 4.79 Å². The van der Waals surface area contributed by atoms with Crippen LogP contribution in [0.5, 0.6) is 0 Å². The maximum Gasteiger partial charge on any atom is 0.256 e. The molecule has 2 aromatic carbocycles. The van der Waals surface area contributed by atoms with Crippen LogP contribution < -0.4 is 10.6 Å². The van der Waals surface area contributed by atoms with E-state index in [-0.39, 0.29) is 5.91 Å². The Hall–Kier alpha value is -3.21. The van der Waals surface area contributed by atoms with Gasteiger partial charge in [-0.3, -0.25) is 4.79 Å². The number of rotatable bonds is 5. The van der Waals surface area contributed by atoms with Crippen molar-refractivity contribution in [2.75, 3.05) is 10.6 Å². The molecular weight excluding hydrogens is 300 g/mol. The fourth-order valence-electron chi connectivity index (χ4n) is 2.17. The van der Waals surface area contributed by atoms with Crippen molar-refractivity contribution in [2.45, 2.75) is 13.5 Å². The normalized spacial score (nSPS) is 10.2. The smallest absolute Gasteiger partial charge is 0.256 e. The van der Waals surface area contributed by atoms with Crippen LogP contribution in [0.25, 0.3) is 0 Å². The molecule has 0 spiro atoms. The van der Waals surface area contributed by atoms with Crippen LogP contribution in [0.15, 0.2) is 66.7 Å². The third-order valence-corrected chi connectivity index (χ3v) is 3.54. The van der Waals surface area contributed by atoms with Crippen molar-refractivity contribution in [3.63, 3.8) is 0 Å². The molecule has 0 fully saturated rings. The third-order valence-electron chi connectivity index (χ3n) is 3.54. The fourth-order valence-corrected chi connectivity index (χ4v) is 2.17. The Morgan fingerprint density at radius 3 is 2.21 bits per heavy atom. The van der Waals surface area contributed by atoms with Gasteiger partial charge in [0, 0.05) is 12.1 Å². The van der Waals surface area contributed by atoms with E-state index >= 15 is 0 Å². The summed E-state index contributed by atoms with van der Waals surface area (Å²) < 4.78 is 0. The Bertz CT molecular complexity index is 799. The van der Waals surface area contributed by atoms with Crippen LogP contribution in [0, 0.1) is 6.92 Å². The van der Waals surface area contributed by atoms with Gasteiger partial charge in [-0.05, 0) is 36.8 Å². The van der Waals surface area contributed by atoms with E-state index < -0.39 is 0 Å². The number of amides is 1. The monoisotopic (exact) mass is 318 g/mol. The highest BCUT2D eigenvalue weighted by molar-refractivity contribution is 6.03. The van der Waals surface area contributed by atoms with Gasteiger partial charge in [0.15, 0.2) is 5.82 Å².